The molecule has 0 N–H and O–H groups in total. The van der Waals surface area contributed by atoms with Crippen LogP contribution in [0.5, 0.6) is 0 Å². The average molecular weight is 616 g/mol. The number of ether oxygens (including phenoxy) is 1. The van der Waals surface area contributed by atoms with E-state index >= 15 is 0 Å². The van der Waals surface area contributed by atoms with Crippen LogP contribution in [0.15, 0.2) is 42.7 Å². The van der Waals surface area contributed by atoms with E-state index in [1.165, 1.54) is 32.1 Å². The van der Waals surface area contributed by atoms with Gasteiger partial charge in [-0.25, -0.2) is 0 Å². The number of carbonyl (C=O) groups excluding carboxylic acids is 3. The van der Waals surface area contributed by atoms with Gasteiger partial charge in [0.1, 0.15) is 0 Å². The number of benzene rings is 1. The molecule has 5 aliphatic rings. The lowest BCUT2D eigenvalue weighted by Gasteiger charge is -2.51. The number of hydrogen-bond acceptors (Lipinski definition) is 5. The summed E-state index contributed by atoms with van der Waals surface area (Å²) in [6.45, 7) is 8.99. The molecule has 3 amide bonds. The molecular formula is C36H49N5O4. The molecule has 7 rings (SSSR count). The van der Waals surface area contributed by atoms with Crippen LogP contribution >= 0.6 is 0 Å². The maximum Gasteiger partial charge on any atom is 0.257 e. The van der Waals surface area contributed by atoms with E-state index in [1.54, 1.807) is 10.9 Å². The van der Waals surface area contributed by atoms with Gasteiger partial charge >= 0.3 is 0 Å². The van der Waals surface area contributed by atoms with Gasteiger partial charge in [-0.3, -0.25) is 19.1 Å². The Morgan fingerprint density at radius 3 is 2.31 bits per heavy atom. The quantitative estimate of drug-likeness (QED) is 0.438. The third kappa shape index (κ3) is 6.29. The van der Waals surface area contributed by atoms with Crippen LogP contribution in [0.2, 0.25) is 0 Å². The molecule has 4 heterocycles. The van der Waals surface area contributed by atoms with E-state index < -0.39 is 5.41 Å². The second-order valence-corrected chi connectivity index (χ2v) is 15.3. The third-order valence-corrected chi connectivity index (χ3v) is 11.4. The summed E-state index contributed by atoms with van der Waals surface area (Å²) in [6, 6.07) is 10.1. The van der Waals surface area contributed by atoms with Crippen molar-refractivity contribution in [3.63, 3.8) is 0 Å². The second kappa shape index (κ2) is 12.2. The van der Waals surface area contributed by atoms with Crippen LogP contribution in [-0.2, 0) is 20.9 Å². The van der Waals surface area contributed by atoms with Crippen molar-refractivity contribution < 1.29 is 19.1 Å². The van der Waals surface area contributed by atoms with Crippen molar-refractivity contribution in [2.75, 3.05) is 45.9 Å². The Bertz CT molecular complexity index is 1390. The van der Waals surface area contributed by atoms with Crippen molar-refractivity contribution in [2.24, 2.45) is 28.6 Å². The van der Waals surface area contributed by atoms with E-state index in [1.807, 2.05) is 51.2 Å². The Morgan fingerprint density at radius 2 is 1.58 bits per heavy atom. The molecule has 45 heavy (non-hydrogen) atoms. The van der Waals surface area contributed by atoms with Gasteiger partial charge in [-0.1, -0.05) is 63.4 Å². The number of likely N-dealkylation sites (tertiary alicyclic amines) is 3. The van der Waals surface area contributed by atoms with Crippen LogP contribution in [0.4, 0.5) is 0 Å². The molecule has 0 unspecified atom stereocenters. The normalized spacial score (nSPS) is 27.4. The molecule has 2 saturated carbocycles. The lowest BCUT2D eigenvalue weighted by Crippen LogP contribution is -2.65. The molecule has 1 aromatic carbocycles. The van der Waals surface area contributed by atoms with Crippen LogP contribution in [0.3, 0.4) is 0 Å². The first-order valence-electron chi connectivity index (χ1n) is 17.3. The van der Waals surface area contributed by atoms with E-state index in [0.717, 1.165) is 38.0 Å². The predicted octanol–water partition coefficient (Wildman–Crippen LogP) is 4.47. The molecule has 9 nitrogen and oxygen atoms in total. The molecule has 9 heteroatoms. The summed E-state index contributed by atoms with van der Waals surface area (Å²) in [7, 11) is 0. The van der Waals surface area contributed by atoms with Crippen molar-refractivity contribution in [1.29, 1.82) is 0 Å². The molecule has 3 atom stereocenters. The van der Waals surface area contributed by atoms with Gasteiger partial charge in [0.15, 0.2) is 0 Å². The lowest BCUT2D eigenvalue weighted by molar-refractivity contribution is -0.157. The molecule has 3 saturated heterocycles. The van der Waals surface area contributed by atoms with Gasteiger partial charge in [-0.2, -0.15) is 5.10 Å². The maximum atomic E-state index is 14.3. The molecule has 5 fully saturated rings. The lowest BCUT2D eigenvalue weighted by atomic mass is 9.70. The SMILES string of the molecule is CC1(C)C[C@@H]1C(=O)N1CC2(CN(C(=O)c3cnn(Cc4ccccc4)c3)C[C@H]2C(=O)N2CCC[C@H](OCC3CCCCC3)C2)C1. The van der Waals surface area contributed by atoms with Crippen molar-refractivity contribution in [3.05, 3.63) is 53.9 Å². The van der Waals surface area contributed by atoms with Crippen LogP contribution in [0, 0.1) is 28.6 Å². The Labute approximate surface area is 267 Å². The minimum atomic E-state index is -0.405. The van der Waals surface area contributed by atoms with Crippen LogP contribution in [-0.4, -0.2) is 94.2 Å². The number of carbonyl (C=O) groups is 3. The topological polar surface area (TPSA) is 88.0 Å². The molecule has 1 aromatic heterocycles. The number of nitrogens with zero attached hydrogens (tertiary/aromatic N) is 5. The highest BCUT2D eigenvalue weighted by molar-refractivity contribution is 5.95. The fourth-order valence-electron chi connectivity index (χ4n) is 8.40. The van der Waals surface area contributed by atoms with Gasteiger partial charge < -0.3 is 19.4 Å². The zero-order valence-corrected chi connectivity index (χ0v) is 27.0. The van der Waals surface area contributed by atoms with E-state index in [-0.39, 0.29) is 41.1 Å². The summed E-state index contributed by atoms with van der Waals surface area (Å²) in [4.78, 5) is 47.2. The third-order valence-electron chi connectivity index (χ3n) is 11.4. The summed E-state index contributed by atoms with van der Waals surface area (Å²) in [5, 5.41) is 4.46. The Kier molecular flexibility index (Phi) is 8.25. The molecule has 3 aliphatic heterocycles. The summed E-state index contributed by atoms with van der Waals surface area (Å²) < 4.78 is 8.19. The molecule has 242 valence electrons. The highest BCUT2D eigenvalue weighted by Crippen LogP contribution is 2.55. The Morgan fingerprint density at radius 1 is 0.867 bits per heavy atom. The average Bonchev–Trinajstić information content (AvgIpc) is 3.35. The van der Waals surface area contributed by atoms with Crippen molar-refractivity contribution in [3.8, 4) is 0 Å². The number of rotatable bonds is 8. The van der Waals surface area contributed by atoms with Crippen molar-refractivity contribution in [1.82, 2.24) is 24.5 Å². The van der Waals surface area contributed by atoms with E-state index in [9.17, 15) is 14.4 Å². The van der Waals surface area contributed by atoms with Gasteiger partial charge in [0, 0.05) is 63.4 Å². The zero-order valence-electron chi connectivity index (χ0n) is 27.0. The van der Waals surface area contributed by atoms with Crippen LogP contribution < -0.4 is 0 Å². The highest BCUT2D eigenvalue weighted by atomic mass is 16.5. The zero-order chi connectivity index (χ0) is 31.2. The first kappa shape index (κ1) is 30.5. The van der Waals surface area contributed by atoms with Gasteiger partial charge in [-0.05, 0) is 49.0 Å². The van der Waals surface area contributed by atoms with Crippen molar-refractivity contribution >= 4 is 17.7 Å². The minimum absolute atomic E-state index is 0.0626. The van der Waals surface area contributed by atoms with Crippen LogP contribution in [0.1, 0.15) is 81.1 Å². The standard InChI is InChI=1S/C36H49N5O4/c1-35(2)16-30(35)33(43)40-24-36(25-40)23-39(32(42)28-17-37-41(19-28)18-26-10-5-3-6-11-26)21-31(36)34(44)38-15-9-14-29(20-38)45-22-27-12-7-4-8-13-27/h3,5-6,10-11,17,19,27,29-31H,4,7-9,12-16,18,20-25H2,1-2H3/t29-,30+,31-/m0/s1. The highest BCUT2D eigenvalue weighted by Gasteiger charge is 2.62. The molecule has 0 bridgehead atoms. The van der Waals surface area contributed by atoms with Crippen LogP contribution in [0.25, 0.3) is 0 Å². The van der Waals surface area contributed by atoms with Gasteiger partial charge in [-0.15, -0.1) is 0 Å². The minimum Gasteiger partial charge on any atom is -0.376 e. The molecule has 2 aliphatic carbocycles. The first-order chi connectivity index (χ1) is 21.7. The summed E-state index contributed by atoms with van der Waals surface area (Å²) in [5.74, 6) is 0.628. The van der Waals surface area contributed by atoms with Crippen molar-refractivity contribution in [2.45, 2.75) is 77.9 Å². The van der Waals surface area contributed by atoms with E-state index in [2.05, 4.69) is 18.9 Å². The van der Waals surface area contributed by atoms with E-state index in [4.69, 9.17) is 4.74 Å². The Hall–Kier alpha value is -3.20. The monoisotopic (exact) mass is 615 g/mol. The smallest absolute Gasteiger partial charge is 0.257 e. The first-order valence-corrected chi connectivity index (χ1v) is 17.3. The summed E-state index contributed by atoms with van der Waals surface area (Å²) in [5.41, 5.74) is 1.31. The predicted molar refractivity (Wildman–Crippen MR) is 170 cm³/mol. The fourth-order valence-corrected chi connectivity index (χ4v) is 8.40. The van der Waals surface area contributed by atoms with Gasteiger partial charge in [0.05, 0.1) is 30.3 Å². The van der Waals surface area contributed by atoms with Gasteiger partial charge in [0.25, 0.3) is 5.91 Å². The number of piperidine rings is 1. The number of amides is 3. The molecular weight excluding hydrogens is 566 g/mol. The van der Waals surface area contributed by atoms with E-state index in [0.29, 0.717) is 50.7 Å². The van der Waals surface area contributed by atoms with Gasteiger partial charge in [0.2, 0.25) is 11.8 Å². The summed E-state index contributed by atoms with van der Waals surface area (Å²) in [6.07, 6.45) is 12.8. The largest absolute Gasteiger partial charge is 0.376 e. The maximum absolute atomic E-state index is 14.3. The summed E-state index contributed by atoms with van der Waals surface area (Å²) >= 11 is 0. The molecule has 1 spiro atoms. The number of aromatic nitrogens is 2. The fraction of sp³-hybridized carbons (Fsp3) is 0.667. The number of hydrogen-bond donors (Lipinski definition) is 0. The second-order valence-electron chi connectivity index (χ2n) is 15.3. The molecule has 2 aromatic rings. The Balaban J connectivity index is 1.04. The molecule has 0 radical (unpaired) electrons.